The molecule has 4 rings (SSSR count). The molecule has 0 aliphatic heterocycles. The van der Waals surface area contributed by atoms with E-state index in [1.54, 1.807) is 24.3 Å². The molecule has 1 fully saturated rings. The Morgan fingerprint density at radius 3 is 2.03 bits per heavy atom. The fraction of sp³-hybridized carbons (Fsp3) is 0.419. The summed E-state index contributed by atoms with van der Waals surface area (Å²) in [5, 5.41) is 0.551. The Kier molecular flexibility index (Phi) is 8.78. The molecule has 1 aliphatic carbocycles. The molecule has 3 aromatic carbocycles. The van der Waals surface area contributed by atoms with Crippen LogP contribution in [0.1, 0.15) is 80.9 Å². The van der Waals surface area contributed by atoms with Gasteiger partial charge >= 0.3 is 0 Å². The third kappa shape index (κ3) is 6.48. The van der Waals surface area contributed by atoms with Gasteiger partial charge in [0.2, 0.25) is 0 Å². The van der Waals surface area contributed by atoms with Gasteiger partial charge in [-0.2, -0.15) is 0 Å². The van der Waals surface area contributed by atoms with Gasteiger partial charge in [0.25, 0.3) is 0 Å². The van der Waals surface area contributed by atoms with Gasteiger partial charge in [-0.25, -0.2) is 8.78 Å². The minimum atomic E-state index is -0.501. The van der Waals surface area contributed by atoms with E-state index in [2.05, 4.69) is 31.2 Å². The second kappa shape index (κ2) is 12.0. The Morgan fingerprint density at radius 2 is 1.41 bits per heavy atom. The summed E-state index contributed by atoms with van der Waals surface area (Å²) < 4.78 is 29.5. The molecule has 3 aromatic rings. The highest BCUT2D eigenvalue weighted by Crippen LogP contribution is 2.38. The minimum Gasteiger partial charge on any atom is -0.206 e. The first-order chi connectivity index (χ1) is 16.5. The van der Waals surface area contributed by atoms with Gasteiger partial charge in [0.1, 0.15) is 11.6 Å². The maximum atomic E-state index is 14.7. The number of halogens is 3. The molecule has 0 spiro atoms. The Bertz CT molecular complexity index is 1020. The smallest absolute Gasteiger partial charge is 0.134 e. The molecule has 1 aliphatic rings. The molecule has 180 valence electrons. The normalized spacial score (nSPS) is 18.2. The fourth-order valence-corrected chi connectivity index (χ4v) is 5.48. The monoisotopic (exact) mass is 480 g/mol. The summed E-state index contributed by atoms with van der Waals surface area (Å²) in [6, 6.07) is 18.9. The zero-order valence-electron chi connectivity index (χ0n) is 20.1. The van der Waals surface area contributed by atoms with Gasteiger partial charge in [-0.05, 0) is 110 Å². The molecule has 0 unspecified atom stereocenters. The van der Waals surface area contributed by atoms with E-state index in [-0.39, 0.29) is 5.56 Å². The molecule has 0 atom stereocenters. The number of hydrogen-bond acceptors (Lipinski definition) is 0. The molecule has 0 N–H and O–H groups in total. The van der Waals surface area contributed by atoms with Crippen LogP contribution in [0.5, 0.6) is 0 Å². The zero-order chi connectivity index (χ0) is 23.9. The average molecular weight is 481 g/mol. The summed E-state index contributed by atoms with van der Waals surface area (Å²) in [6.07, 6.45) is 11.5. The highest BCUT2D eigenvalue weighted by atomic mass is 35.5. The minimum absolute atomic E-state index is 0.0253. The van der Waals surface area contributed by atoms with Crippen LogP contribution in [0.15, 0.2) is 60.7 Å². The number of hydrogen-bond donors (Lipinski definition) is 0. The molecule has 1 saturated carbocycles. The van der Waals surface area contributed by atoms with E-state index < -0.39 is 11.6 Å². The summed E-state index contributed by atoms with van der Waals surface area (Å²) in [6.45, 7) is 2.24. The van der Waals surface area contributed by atoms with Crippen molar-refractivity contribution in [2.75, 3.05) is 0 Å². The van der Waals surface area contributed by atoms with Crippen molar-refractivity contribution < 1.29 is 8.78 Å². The second-order valence-electron chi connectivity index (χ2n) is 9.90. The first-order valence-electron chi connectivity index (χ1n) is 12.9. The van der Waals surface area contributed by atoms with E-state index >= 15 is 0 Å². The topological polar surface area (TPSA) is 0 Å². The molecule has 0 aromatic heterocycles. The van der Waals surface area contributed by atoms with Crippen molar-refractivity contribution in [1.82, 2.24) is 0 Å². The predicted octanol–water partition coefficient (Wildman–Crippen LogP) is 9.92. The van der Waals surface area contributed by atoms with Crippen LogP contribution in [-0.2, 0) is 12.8 Å². The predicted molar refractivity (Wildman–Crippen MR) is 139 cm³/mol. The zero-order valence-corrected chi connectivity index (χ0v) is 20.9. The number of unbranched alkanes of at least 4 members (excludes halogenated alkanes) is 2. The second-order valence-corrected chi connectivity index (χ2v) is 10.3. The van der Waals surface area contributed by atoms with Gasteiger partial charge in [-0.3, -0.25) is 0 Å². The van der Waals surface area contributed by atoms with Crippen LogP contribution >= 0.6 is 11.6 Å². The van der Waals surface area contributed by atoms with Crippen molar-refractivity contribution in [3.05, 3.63) is 94.0 Å². The molecule has 0 saturated heterocycles. The lowest BCUT2D eigenvalue weighted by Gasteiger charge is -2.29. The van der Waals surface area contributed by atoms with Gasteiger partial charge in [-0.1, -0.05) is 67.8 Å². The molecule has 0 bridgehead atoms. The summed E-state index contributed by atoms with van der Waals surface area (Å²) in [4.78, 5) is 0. The molecule has 34 heavy (non-hydrogen) atoms. The maximum Gasteiger partial charge on any atom is 0.134 e. The van der Waals surface area contributed by atoms with Crippen LogP contribution in [0.4, 0.5) is 8.78 Å². The van der Waals surface area contributed by atoms with Crippen molar-refractivity contribution in [3.8, 4) is 11.1 Å². The van der Waals surface area contributed by atoms with Crippen LogP contribution in [0.2, 0.25) is 5.02 Å². The first-order valence-corrected chi connectivity index (χ1v) is 13.2. The van der Waals surface area contributed by atoms with E-state index in [4.69, 9.17) is 11.6 Å². The SMILES string of the molecule is CCCCCc1ccc([C@H]2CC[C@H](CCc3cc(F)c(-c4ccc(Cl)cc4)c(F)c3)CC2)cc1. The Hall–Kier alpha value is -2.19. The summed E-state index contributed by atoms with van der Waals surface area (Å²) in [5.41, 5.74) is 4.20. The van der Waals surface area contributed by atoms with Gasteiger partial charge in [0.05, 0.1) is 5.56 Å². The molecular weight excluding hydrogens is 446 g/mol. The van der Waals surface area contributed by atoms with E-state index in [1.165, 1.54) is 74.6 Å². The Balaban J connectivity index is 1.28. The van der Waals surface area contributed by atoms with Crippen LogP contribution in [0.3, 0.4) is 0 Å². The van der Waals surface area contributed by atoms with E-state index in [0.29, 0.717) is 22.4 Å². The van der Waals surface area contributed by atoms with Gasteiger partial charge in [-0.15, -0.1) is 0 Å². The summed E-state index contributed by atoms with van der Waals surface area (Å²) >= 11 is 5.90. The van der Waals surface area contributed by atoms with Gasteiger partial charge in [0, 0.05) is 5.02 Å². The summed E-state index contributed by atoms with van der Waals surface area (Å²) in [5.74, 6) is 0.277. The molecular formula is C31H35ClF2. The van der Waals surface area contributed by atoms with E-state index in [1.807, 2.05) is 0 Å². The third-order valence-corrected chi connectivity index (χ3v) is 7.69. The molecule has 3 heteroatoms. The van der Waals surface area contributed by atoms with Crippen molar-refractivity contribution in [2.45, 2.75) is 77.0 Å². The van der Waals surface area contributed by atoms with Crippen molar-refractivity contribution in [2.24, 2.45) is 5.92 Å². The lowest BCUT2D eigenvalue weighted by Crippen LogP contribution is -2.14. The first kappa shape index (κ1) is 24.9. The molecule has 0 radical (unpaired) electrons. The quantitative estimate of drug-likeness (QED) is 0.267. The molecule has 0 nitrogen and oxygen atoms in total. The molecule has 0 amide bonds. The van der Waals surface area contributed by atoms with E-state index in [9.17, 15) is 8.78 Å². The number of aryl methyl sites for hydroxylation is 2. The fourth-order valence-electron chi connectivity index (χ4n) is 5.35. The lowest BCUT2D eigenvalue weighted by atomic mass is 9.76. The summed E-state index contributed by atoms with van der Waals surface area (Å²) in [7, 11) is 0. The molecule has 0 heterocycles. The number of rotatable bonds is 9. The highest BCUT2D eigenvalue weighted by molar-refractivity contribution is 6.30. The van der Waals surface area contributed by atoms with Crippen molar-refractivity contribution >= 4 is 11.6 Å². The van der Waals surface area contributed by atoms with E-state index in [0.717, 1.165) is 18.4 Å². The Labute approximate surface area is 208 Å². The van der Waals surface area contributed by atoms with Gasteiger partial charge < -0.3 is 0 Å². The van der Waals surface area contributed by atoms with Crippen LogP contribution in [-0.4, -0.2) is 0 Å². The van der Waals surface area contributed by atoms with Crippen LogP contribution < -0.4 is 0 Å². The van der Waals surface area contributed by atoms with Crippen LogP contribution in [0.25, 0.3) is 11.1 Å². The standard InChI is InChI=1S/C31H35ClF2/c1-2-3-4-5-22-8-12-25(13-9-22)26-14-10-23(11-15-26)6-7-24-20-29(33)31(30(34)21-24)27-16-18-28(32)19-17-27/h8-9,12-13,16-21,23,26H,2-7,10-11,14-15H2,1H3/t23-,26-. The van der Waals surface area contributed by atoms with Crippen LogP contribution in [0, 0.1) is 17.6 Å². The van der Waals surface area contributed by atoms with Gasteiger partial charge in [0.15, 0.2) is 0 Å². The van der Waals surface area contributed by atoms with Crippen molar-refractivity contribution in [3.63, 3.8) is 0 Å². The third-order valence-electron chi connectivity index (χ3n) is 7.44. The lowest BCUT2D eigenvalue weighted by molar-refractivity contribution is 0.310. The van der Waals surface area contributed by atoms with Crippen molar-refractivity contribution in [1.29, 1.82) is 0 Å². The highest BCUT2D eigenvalue weighted by Gasteiger charge is 2.22. The number of benzene rings is 3. The Morgan fingerprint density at radius 1 is 0.765 bits per heavy atom. The maximum absolute atomic E-state index is 14.7. The average Bonchev–Trinajstić information content (AvgIpc) is 2.84. The largest absolute Gasteiger partial charge is 0.206 e.